The zero-order valence-electron chi connectivity index (χ0n) is 10.7. The lowest BCUT2D eigenvalue weighted by Crippen LogP contribution is -2.31. The third-order valence-corrected chi connectivity index (χ3v) is 2.72. The number of aromatic nitrogens is 2. The first kappa shape index (κ1) is 13.6. The molecule has 0 aliphatic carbocycles. The Morgan fingerprint density at radius 3 is 2.68 bits per heavy atom. The summed E-state index contributed by atoms with van der Waals surface area (Å²) in [4.78, 5) is 0. The molecule has 2 rings (SSSR count). The Hall–Kier alpha value is -1.86. The number of nitrogens with zero attached hydrogens (tertiary/aromatic N) is 2. The van der Waals surface area contributed by atoms with Crippen molar-refractivity contribution in [2.45, 2.75) is 13.5 Å². The lowest BCUT2D eigenvalue weighted by Gasteiger charge is -2.11. The van der Waals surface area contributed by atoms with Gasteiger partial charge in [-0.15, -0.1) is 0 Å². The quantitative estimate of drug-likeness (QED) is 0.770. The van der Waals surface area contributed by atoms with Gasteiger partial charge in [-0.05, 0) is 31.2 Å². The van der Waals surface area contributed by atoms with Crippen molar-refractivity contribution in [3.8, 4) is 5.75 Å². The zero-order valence-corrected chi connectivity index (χ0v) is 10.7. The van der Waals surface area contributed by atoms with E-state index in [1.54, 1.807) is 11.7 Å². The Morgan fingerprint density at radius 2 is 2.11 bits per heavy atom. The fraction of sp³-hybridized carbons (Fsp3) is 0.250. The molecule has 0 aliphatic heterocycles. The van der Waals surface area contributed by atoms with Crippen LogP contribution in [0.1, 0.15) is 11.4 Å². The average molecular weight is 264 g/mol. The van der Waals surface area contributed by atoms with E-state index in [9.17, 15) is 14.4 Å². The number of aryl methyl sites for hydroxylation is 2. The molecule has 5 nitrogen and oxygen atoms in total. The number of ether oxygens (including phenoxy) is 1. The minimum Gasteiger partial charge on any atom is -0.488 e. The van der Waals surface area contributed by atoms with Crippen molar-refractivity contribution in [1.29, 1.82) is 0 Å². The van der Waals surface area contributed by atoms with E-state index in [2.05, 4.69) is 5.10 Å². The van der Waals surface area contributed by atoms with Gasteiger partial charge in [0, 0.05) is 12.5 Å². The molecular weight excluding hydrogens is 250 g/mol. The van der Waals surface area contributed by atoms with E-state index in [0.29, 0.717) is 0 Å². The lowest BCUT2D eigenvalue weighted by atomic mass is 9.79. The maximum atomic E-state index is 13.0. The number of rotatable bonds is 4. The molecule has 2 aromatic rings. The summed E-state index contributed by atoms with van der Waals surface area (Å²) in [5, 5.41) is 22.5. The second-order valence-electron chi connectivity index (χ2n) is 4.25. The van der Waals surface area contributed by atoms with Crippen molar-refractivity contribution in [3.05, 3.63) is 41.5 Å². The molecule has 7 heteroatoms. The molecule has 0 bridgehead atoms. The molecule has 0 radical (unpaired) electrons. The van der Waals surface area contributed by atoms with Crippen molar-refractivity contribution in [2.75, 3.05) is 0 Å². The number of halogens is 1. The molecule has 100 valence electrons. The molecule has 0 atom stereocenters. The van der Waals surface area contributed by atoms with Crippen LogP contribution in [0.3, 0.4) is 0 Å². The van der Waals surface area contributed by atoms with Gasteiger partial charge in [0.1, 0.15) is 18.2 Å². The van der Waals surface area contributed by atoms with Crippen molar-refractivity contribution >= 4 is 12.6 Å². The largest absolute Gasteiger partial charge is 0.492 e. The van der Waals surface area contributed by atoms with E-state index in [0.717, 1.165) is 17.5 Å². The van der Waals surface area contributed by atoms with Gasteiger partial charge in [0.2, 0.25) is 0 Å². The van der Waals surface area contributed by atoms with Crippen LogP contribution in [0, 0.1) is 12.7 Å². The van der Waals surface area contributed by atoms with Gasteiger partial charge in [-0.25, -0.2) is 4.39 Å². The molecule has 2 N–H and O–H groups in total. The van der Waals surface area contributed by atoms with Crippen molar-refractivity contribution < 1.29 is 19.2 Å². The van der Waals surface area contributed by atoms with Crippen molar-refractivity contribution in [2.24, 2.45) is 7.05 Å². The van der Waals surface area contributed by atoms with E-state index in [1.807, 2.05) is 13.0 Å². The maximum absolute atomic E-state index is 13.0. The van der Waals surface area contributed by atoms with Gasteiger partial charge >= 0.3 is 7.12 Å². The summed E-state index contributed by atoms with van der Waals surface area (Å²) in [5.41, 5.74) is 1.70. The fourth-order valence-electron chi connectivity index (χ4n) is 1.80. The summed E-state index contributed by atoms with van der Waals surface area (Å²) in [6.07, 6.45) is 0. The van der Waals surface area contributed by atoms with Gasteiger partial charge < -0.3 is 14.8 Å². The minimum atomic E-state index is -1.78. The van der Waals surface area contributed by atoms with Crippen molar-refractivity contribution in [1.82, 2.24) is 9.78 Å². The highest BCUT2D eigenvalue weighted by Gasteiger charge is 2.18. The Kier molecular flexibility index (Phi) is 3.87. The predicted octanol–water partition coefficient (Wildman–Crippen LogP) is 0.126. The smallest absolute Gasteiger partial charge is 0.488 e. The highest BCUT2D eigenvalue weighted by molar-refractivity contribution is 6.59. The molecule has 1 aromatic carbocycles. The van der Waals surface area contributed by atoms with Gasteiger partial charge in [0.15, 0.2) is 0 Å². The molecule has 0 unspecified atom stereocenters. The summed E-state index contributed by atoms with van der Waals surface area (Å²) in [7, 11) is 0.0111. The van der Waals surface area contributed by atoms with Crippen molar-refractivity contribution in [3.63, 3.8) is 0 Å². The third-order valence-electron chi connectivity index (χ3n) is 2.72. The monoisotopic (exact) mass is 264 g/mol. The van der Waals surface area contributed by atoms with E-state index in [-0.39, 0.29) is 17.8 Å². The summed E-state index contributed by atoms with van der Waals surface area (Å²) in [6, 6.07) is 5.47. The molecule has 0 spiro atoms. The number of hydrogen-bond donors (Lipinski definition) is 2. The molecule has 0 fully saturated rings. The van der Waals surface area contributed by atoms with E-state index < -0.39 is 12.9 Å². The van der Waals surface area contributed by atoms with Crippen LogP contribution in [0.15, 0.2) is 24.3 Å². The fourth-order valence-corrected chi connectivity index (χ4v) is 1.80. The Balaban J connectivity index is 2.17. The Bertz CT molecular complexity index is 586. The van der Waals surface area contributed by atoms with Crippen LogP contribution < -0.4 is 10.2 Å². The molecule has 0 amide bonds. The highest BCUT2D eigenvalue weighted by Crippen LogP contribution is 2.12. The van der Waals surface area contributed by atoms with Gasteiger partial charge in [0.25, 0.3) is 0 Å². The van der Waals surface area contributed by atoms with Crippen LogP contribution in [0.25, 0.3) is 0 Å². The summed E-state index contributed by atoms with van der Waals surface area (Å²) in [5.74, 6) is -0.318. The summed E-state index contributed by atoms with van der Waals surface area (Å²) >= 11 is 0. The first-order chi connectivity index (χ1) is 8.97. The van der Waals surface area contributed by atoms with E-state index in [1.165, 1.54) is 12.1 Å². The molecular formula is C12H14BFN2O3. The standard InChI is InChI=1S/C12H14BFN2O3/c1-8-5-10(16(2)15-8)7-19-12-4-3-9(14)6-11(12)13(17)18/h3-6,17-18H,7H2,1-2H3. The SMILES string of the molecule is Cc1cc(COc2ccc(F)cc2B(O)O)n(C)n1. The van der Waals surface area contributed by atoms with Gasteiger partial charge in [-0.3, -0.25) is 4.68 Å². The molecule has 1 heterocycles. The molecule has 19 heavy (non-hydrogen) atoms. The van der Waals surface area contributed by atoms with Crippen LogP contribution in [0.5, 0.6) is 5.75 Å². The van der Waals surface area contributed by atoms with E-state index in [4.69, 9.17) is 4.74 Å². The normalized spacial score (nSPS) is 10.6. The first-order valence-corrected chi connectivity index (χ1v) is 5.75. The topological polar surface area (TPSA) is 67.5 Å². The maximum Gasteiger partial charge on any atom is 0.492 e. The van der Waals surface area contributed by atoms with Crippen LogP contribution in [0.4, 0.5) is 4.39 Å². The first-order valence-electron chi connectivity index (χ1n) is 5.75. The van der Waals surface area contributed by atoms with Gasteiger partial charge in [0.05, 0.1) is 11.4 Å². The number of benzene rings is 1. The third kappa shape index (κ3) is 3.13. The molecule has 0 saturated heterocycles. The molecule has 0 saturated carbocycles. The zero-order chi connectivity index (χ0) is 14.0. The molecule has 1 aromatic heterocycles. The summed E-state index contributed by atoms with van der Waals surface area (Å²) in [6.45, 7) is 2.08. The molecule has 0 aliphatic rings. The summed E-state index contributed by atoms with van der Waals surface area (Å²) < 4.78 is 20.2. The minimum absolute atomic E-state index is 0.00103. The van der Waals surface area contributed by atoms with Crippen LogP contribution in [-0.4, -0.2) is 26.9 Å². The highest BCUT2D eigenvalue weighted by atomic mass is 19.1. The average Bonchev–Trinajstić information content (AvgIpc) is 2.66. The van der Waals surface area contributed by atoms with Crippen LogP contribution >= 0.6 is 0 Å². The Labute approximate surface area is 110 Å². The van der Waals surface area contributed by atoms with E-state index >= 15 is 0 Å². The lowest BCUT2D eigenvalue weighted by molar-refractivity contribution is 0.295. The van der Waals surface area contributed by atoms with Gasteiger partial charge in [-0.2, -0.15) is 5.10 Å². The second-order valence-corrected chi connectivity index (χ2v) is 4.25. The Morgan fingerprint density at radius 1 is 1.37 bits per heavy atom. The van der Waals surface area contributed by atoms with Crippen LogP contribution in [0.2, 0.25) is 0 Å². The second kappa shape index (κ2) is 5.42. The van der Waals surface area contributed by atoms with Gasteiger partial charge in [-0.1, -0.05) is 0 Å². The predicted molar refractivity (Wildman–Crippen MR) is 68.5 cm³/mol. The number of hydrogen-bond acceptors (Lipinski definition) is 4. The van der Waals surface area contributed by atoms with Crippen LogP contribution in [-0.2, 0) is 13.7 Å².